The van der Waals surface area contributed by atoms with E-state index in [1.165, 1.54) is 0 Å². The molecule has 2 heterocycles. The van der Waals surface area contributed by atoms with E-state index in [1.807, 2.05) is 27.7 Å². The van der Waals surface area contributed by atoms with E-state index in [9.17, 15) is 92.5 Å². The van der Waals surface area contributed by atoms with Gasteiger partial charge in [0.15, 0.2) is 5.96 Å². The molecule has 0 aromatic heterocycles. The Balaban J connectivity index is 1.51. The largest absolute Gasteiger partial charge is 0.481 e. The molecule has 0 saturated carbocycles. The zero-order valence-electron chi connectivity index (χ0n) is 62.9. The normalized spacial score (nSPS) is 18.3. The van der Waals surface area contributed by atoms with Crippen molar-refractivity contribution in [1.82, 2.24) is 90.0 Å². The minimum Gasteiger partial charge on any atom is -0.481 e. The van der Waals surface area contributed by atoms with Crippen molar-refractivity contribution in [3.8, 4) is 0 Å². The average molecular weight is 1630 g/mol. The Kier molecular flexibility index (Phi) is 44.5. The Hall–Kier alpha value is -9.67. The van der Waals surface area contributed by atoms with Crippen molar-refractivity contribution in [3.63, 3.8) is 0 Å². The molecule has 45 heteroatoms. The Morgan fingerprint density at radius 2 is 1.16 bits per heavy atom. The number of hydrogen-bond acceptors (Lipinski definition) is 28. The minimum atomic E-state index is -1.90. The number of nitrogens with one attached hydrogen (secondary N) is 17. The predicted molar refractivity (Wildman–Crippen MR) is 409 cm³/mol. The highest BCUT2D eigenvalue weighted by molar-refractivity contribution is 8.76. The van der Waals surface area contributed by atoms with Gasteiger partial charge in [-0.05, 0) is 59.9 Å². The third-order valence-corrected chi connectivity index (χ3v) is 20.3. The molecule has 2 saturated heterocycles. The molecule has 111 heavy (non-hydrogen) atoms. The topological polar surface area (TPSA) is 626 Å². The van der Waals surface area contributed by atoms with Gasteiger partial charge < -0.3 is 121 Å². The van der Waals surface area contributed by atoms with Crippen LogP contribution in [0.2, 0.25) is 0 Å². The lowest BCUT2D eigenvalue weighted by molar-refractivity contribution is -0.141. The summed E-state index contributed by atoms with van der Waals surface area (Å²) in [5.41, 5.74) is 5.89. The molecule has 0 spiro atoms. The van der Waals surface area contributed by atoms with Gasteiger partial charge in [0.05, 0.1) is 87.2 Å². The number of carbonyl (C=O) groups is 15. The summed E-state index contributed by atoms with van der Waals surface area (Å²) in [6, 6.07) is -2.45. The monoisotopic (exact) mass is 1630 g/mol. The number of rotatable bonds is 46. The molecule has 42 nitrogen and oxygen atoms in total. The molecule has 23 N–H and O–H groups in total. The lowest BCUT2D eigenvalue weighted by Gasteiger charge is -2.30. The Morgan fingerprint density at radius 1 is 0.604 bits per heavy atom. The predicted octanol–water partition coefficient (Wildman–Crippen LogP) is -6.77. The molecule has 2 aliphatic rings. The quantitative estimate of drug-likeness (QED) is 0.00720. The number of amides is 13. The first-order valence-electron chi connectivity index (χ1n) is 35.5. The van der Waals surface area contributed by atoms with Crippen LogP contribution in [0.1, 0.15) is 85.6 Å². The van der Waals surface area contributed by atoms with Gasteiger partial charge in [0.1, 0.15) is 42.3 Å². The van der Waals surface area contributed by atoms with E-state index >= 15 is 0 Å². The zero-order chi connectivity index (χ0) is 82.5. The minimum absolute atomic E-state index is 0.00261. The Bertz CT molecular complexity index is 3340. The number of carboxylic acid groups (broad SMARTS) is 2. The van der Waals surface area contributed by atoms with E-state index in [1.54, 1.807) is 44.2 Å². The van der Waals surface area contributed by atoms with Crippen molar-refractivity contribution in [2.24, 2.45) is 16.0 Å². The number of benzene rings is 1. The second kappa shape index (κ2) is 51.7. The van der Waals surface area contributed by atoms with E-state index in [4.69, 9.17) is 20.6 Å². The molecule has 620 valence electrons. The standard InChI is InChI=1S/C66H107N21O21S3/c1-39(85-105)65(3,4)76-18-23-87(24-19-77-66(5,6)40(2)86-106)22-17-69-49(88)14-15-50(89)70-20-25-107-27-28-108-26-21-71-51(90)32-74-58(99)47-36-110-111-37-48(63(104)81-43(59(100)83-47)29-41-11-8-7-9-12-41)84-61(102)45(31-56(96)97)79-53(92)34-75-57(98)42(13-10-16-72-64(67)68)80-62(103)46-35-109-38-54(93)73-33-52(91)78-44(30-55(94)95)60(101)82-46/h7-9,11-12,42-48,76-77,105-106H,10,13-38H2,1-6H3,(H,69,88)(H,70,89)(H,71,90)(H,73,93)(H,74,99)(H,75,98)(H,78,91)(H,79,92)(H,80,103)(H,81,104)(H,82,101)(H,83,100)(H,84,102)(H,94,95)(H,96,97)(H4,67,68,72)/b85-39-,86-40-/t42-,43-,44-,45-,46-,47-,48-/m0/s1. The molecule has 13 amide bonds. The summed E-state index contributed by atoms with van der Waals surface area (Å²) in [6.45, 7) is 12.8. The molecular formula is C66H107N21O21S3. The maximum Gasteiger partial charge on any atom is 0.305 e. The number of thioether (sulfide) groups is 1. The SMILES string of the molecule is C/C(=N/O)C(C)(C)NCCN(CCNC(=O)CCC(=O)NCCOCCOCCNC(=O)CNC(=O)[C@@H]1CSSC[C@H](NC(=O)[C@H](CC(=O)O)NC(=O)CNC(=O)[C@H](CCCNC(=N)N)NC(=O)[C@@H]2CSCC(=O)NCC(=O)N[C@@H](CC(=O)O)C(=O)N2)C(=O)N[C@@H](Cc2ccccc2)C(=O)N1)CCNC(C)(C)/C(C)=N\O. The van der Waals surface area contributed by atoms with Crippen molar-refractivity contribution in [3.05, 3.63) is 35.9 Å². The van der Waals surface area contributed by atoms with Gasteiger partial charge in [0.25, 0.3) is 0 Å². The van der Waals surface area contributed by atoms with Gasteiger partial charge in [-0.1, -0.05) is 62.2 Å². The van der Waals surface area contributed by atoms with Crippen molar-refractivity contribution in [2.75, 3.05) is 128 Å². The van der Waals surface area contributed by atoms with Crippen LogP contribution in [0.4, 0.5) is 0 Å². The first kappa shape index (κ1) is 95.5. The molecule has 3 rings (SSSR count). The van der Waals surface area contributed by atoms with Gasteiger partial charge in [-0.25, -0.2) is 0 Å². The first-order valence-corrected chi connectivity index (χ1v) is 39.1. The van der Waals surface area contributed by atoms with Crippen LogP contribution in [0, 0.1) is 5.41 Å². The first-order chi connectivity index (χ1) is 52.6. The van der Waals surface area contributed by atoms with Crippen LogP contribution in [0.25, 0.3) is 0 Å². The molecule has 0 unspecified atom stereocenters. The highest BCUT2D eigenvalue weighted by atomic mass is 33.1. The van der Waals surface area contributed by atoms with E-state index in [0.29, 0.717) is 56.3 Å². The van der Waals surface area contributed by atoms with E-state index in [2.05, 4.69) is 100 Å². The maximum atomic E-state index is 14.1. The van der Waals surface area contributed by atoms with Crippen LogP contribution >= 0.6 is 33.3 Å². The van der Waals surface area contributed by atoms with E-state index in [-0.39, 0.29) is 113 Å². The molecule has 0 radical (unpaired) electrons. The van der Waals surface area contributed by atoms with Gasteiger partial charge >= 0.3 is 11.9 Å². The van der Waals surface area contributed by atoms with Gasteiger partial charge in [0.2, 0.25) is 76.8 Å². The van der Waals surface area contributed by atoms with Gasteiger partial charge in [-0.2, -0.15) is 0 Å². The summed E-state index contributed by atoms with van der Waals surface area (Å²) in [4.78, 5) is 199. The second-order valence-corrected chi connectivity index (χ2v) is 29.9. The van der Waals surface area contributed by atoms with E-state index in [0.717, 1.165) is 33.3 Å². The highest BCUT2D eigenvalue weighted by Gasteiger charge is 2.36. The summed E-state index contributed by atoms with van der Waals surface area (Å²) >= 11 is 0.849. The Morgan fingerprint density at radius 3 is 1.75 bits per heavy atom. The molecule has 0 aliphatic carbocycles. The van der Waals surface area contributed by atoms with Crippen LogP contribution in [-0.4, -0.2) is 313 Å². The summed E-state index contributed by atoms with van der Waals surface area (Å²) in [5, 5.41) is 93.2. The van der Waals surface area contributed by atoms with Crippen molar-refractivity contribution in [1.29, 1.82) is 5.41 Å². The number of oxime groups is 2. The molecule has 1 aromatic carbocycles. The highest BCUT2D eigenvalue weighted by Crippen LogP contribution is 2.24. The summed E-state index contributed by atoms with van der Waals surface area (Å²) in [6.07, 6.45) is -2.34. The summed E-state index contributed by atoms with van der Waals surface area (Å²) in [5.74, 6) is -15.3. The number of nitrogens with zero attached hydrogens (tertiary/aromatic N) is 3. The van der Waals surface area contributed by atoms with Crippen LogP contribution in [0.15, 0.2) is 40.6 Å². The van der Waals surface area contributed by atoms with Crippen molar-refractivity contribution in [2.45, 2.75) is 140 Å². The van der Waals surface area contributed by atoms with Gasteiger partial charge in [0, 0.05) is 95.4 Å². The van der Waals surface area contributed by atoms with Crippen LogP contribution in [-0.2, 0) is 87.8 Å². The zero-order valence-corrected chi connectivity index (χ0v) is 65.3. The summed E-state index contributed by atoms with van der Waals surface area (Å²) < 4.78 is 11.0. The third kappa shape index (κ3) is 40.2. The van der Waals surface area contributed by atoms with Gasteiger partial charge in [-0.3, -0.25) is 82.2 Å². The fraction of sp³-hybridized carbons (Fsp3) is 0.636. The van der Waals surface area contributed by atoms with Crippen LogP contribution < -0.4 is 90.8 Å². The summed E-state index contributed by atoms with van der Waals surface area (Å²) in [7, 11) is 1.97. The number of guanidine groups is 1. The average Bonchev–Trinajstić information content (AvgIpc) is 1.83. The van der Waals surface area contributed by atoms with E-state index < -0.39 is 169 Å². The fourth-order valence-corrected chi connectivity index (χ4v) is 13.1. The molecule has 2 aliphatic heterocycles. The number of carboxylic acids is 2. The molecular weight excluding hydrogens is 1520 g/mol. The molecule has 7 atom stereocenters. The van der Waals surface area contributed by atoms with Gasteiger partial charge in [-0.15, -0.1) is 11.8 Å². The molecule has 1 aromatic rings. The lowest BCUT2D eigenvalue weighted by Crippen LogP contribution is -2.60. The number of aliphatic carboxylic acids is 2. The second-order valence-electron chi connectivity index (χ2n) is 26.3. The number of ether oxygens (including phenoxy) is 2. The number of hydrogen-bond donors (Lipinski definition) is 22. The Labute approximate surface area is 653 Å². The maximum absolute atomic E-state index is 14.1. The molecule has 0 bridgehead atoms. The van der Waals surface area contributed by atoms with Crippen LogP contribution in [0.5, 0.6) is 0 Å². The smallest absolute Gasteiger partial charge is 0.305 e. The van der Waals surface area contributed by atoms with Crippen molar-refractivity contribution >= 4 is 139 Å². The lowest BCUT2D eigenvalue weighted by atomic mass is 9.99. The number of nitrogens with two attached hydrogens (primary N) is 1. The molecule has 2 fully saturated rings. The van der Waals surface area contributed by atoms with Crippen molar-refractivity contribution < 1.29 is 102 Å². The number of carbonyl (C=O) groups excluding carboxylic acids is 13. The van der Waals surface area contributed by atoms with Crippen LogP contribution in [0.3, 0.4) is 0 Å². The fourth-order valence-electron chi connectivity index (χ4n) is 9.90. The third-order valence-electron chi connectivity index (χ3n) is 16.8.